The first kappa shape index (κ1) is 7.88. The van der Waals surface area contributed by atoms with Crippen LogP contribution >= 0.6 is 11.6 Å². The Morgan fingerprint density at radius 2 is 2.33 bits per heavy atom. The van der Waals surface area contributed by atoms with Crippen molar-refractivity contribution in [2.24, 2.45) is 22.9 Å². The number of alkyl halides is 1. The molecule has 2 fully saturated rings. The summed E-state index contributed by atoms with van der Waals surface area (Å²) >= 11 is 6.00. The average molecular weight is 185 g/mol. The number of halogens is 1. The first-order valence-electron chi connectivity index (χ1n) is 4.03. The standard InChI is InChI=1S/C8H9ClN2O/c9-7-4-1-5(3-10)6(2-4)8(7)11-12/h4-7,12H,1-2H2/b11-8+. The molecule has 0 saturated heterocycles. The van der Waals surface area contributed by atoms with E-state index in [0.29, 0.717) is 11.6 Å². The summed E-state index contributed by atoms with van der Waals surface area (Å²) in [5.41, 5.74) is 0.625. The van der Waals surface area contributed by atoms with Crippen LogP contribution in [0, 0.1) is 29.1 Å². The summed E-state index contributed by atoms with van der Waals surface area (Å²) in [4.78, 5) is 0. The zero-order valence-corrected chi connectivity index (χ0v) is 7.20. The number of nitriles is 1. The quantitative estimate of drug-likeness (QED) is 0.353. The van der Waals surface area contributed by atoms with Gasteiger partial charge in [0.2, 0.25) is 0 Å². The van der Waals surface area contributed by atoms with Crippen molar-refractivity contribution in [2.75, 3.05) is 0 Å². The van der Waals surface area contributed by atoms with E-state index >= 15 is 0 Å². The van der Waals surface area contributed by atoms with Gasteiger partial charge in [-0.2, -0.15) is 5.26 Å². The Morgan fingerprint density at radius 3 is 2.83 bits per heavy atom. The van der Waals surface area contributed by atoms with Crippen LogP contribution < -0.4 is 0 Å². The number of fused-ring (bicyclic) bond motifs is 2. The third-order valence-corrected chi connectivity index (χ3v) is 3.54. The van der Waals surface area contributed by atoms with Crippen LogP contribution in [0.3, 0.4) is 0 Å². The zero-order chi connectivity index (χ0) is 8.72. The first-order chi connectivity index (χ1) is 5.77. The number of oxime groups is 1. The normalized spacial score (nSPS) is 48.2. The van der Waals surface area contributed by atoms with E-state index < -0.39 is 0 Å². The highest BCUT2D eigenvalue weighted by Gasteiger charge is 2.50. The summed E-state index contributed by atoms with van der Waals surface area (Å²) < 4.78 is 0. The van der Waals surface area contributed by atoms with Gasteiger partial charge < -0.3 is 5.21 Å². The fourth-order valence-electron chi connectivity index (χ4n) is 2.36. The van der Waals surface area contributed by atoms with Gasteiger partial charge in [-0.3, -0.25) is 0 Å². The van der Waals surface area contributed by atoms with Gasteiger partial charge in [0.05, 0.1) is 23.1 Å². The van der Waals surface area contributed by atoms with Crippen LogP contribution in [0.15, 0.2) is 5.16 Å². The monoisotopic (exact) mass is 184 g/mol. The SMILES string of the molecule is N#CC1CC2CC1/C(=N\O)C2Cl. The third kappa shape index (κ3) is 0.848. The van der Waals surface area contributed by atoms with Crippen molar-refractivity contribution in [3.63, 3.8) is 0 Å². The minimum atomic E-state index is -0.135. The Labute approximate surface area is 75.6 Å². The van der Waals surface area contributed by atoms with Gasteiger partial charge in [-0.25, -0.2) is 0 Å². The molecule has 4 unspecified atom stereocenters. The predicted molar refractivity (Wildman–Crippen MR) is 44.2 cm³/mol. The van der Waals surface area contributed by atoms with E-state index in [0.717, 1.165) is 12.8 Å². The molecule has 1 N–H and O–H groups in total. The summed E-state index contributed by atoms with van der Waals surface area (Å²) in [6.45, 7) is 0. The summed E-state index contributed by atoms with van der Waals surface area (Å²) in [6.07, 6.45) is 1.79. The van der Waals surface area contributed by atoms with E-state index in [2.05, 4.69) is 11.2 Å². The summed E-state index contributed by atoms with van der Waals surface area (Å²) in [7, 11) is 0. The second kappa shape index (κ2) is 2.63. The Bertz CT molecular complexity index is 271. The summed E-state index contributed by atoms with van der Waals surface area (Å²) in [5.74, 6) is 0.496. The molecule has 0 aromatic carbocycles. The molecular weight excluding hydrogens is 176 g/mol. The van der Waals surface area contributed by atoms with E-state index in [1.807, 2.05) is 0 Å². The van der Waals surface area contributed by atoms with Crippen LogP contribution in [0.4, 0.5) is 0 Å². The molecule has 3 nitrogen and oxygen atoms in total. The van der Waals surface area contributed by atoms with Gasteiger partial charge in [0.15, 0.2) is 0 Å². The Balaban J connectivity index is 2.27. The van der Waals surface area contributed by atoms with Gasteiger partial charge in [0, 0.05) is 5.92 Å². The number of rotatable bonds is 0. The molecule has 2 bridgehead atoms. The lowest BCUT2D eigenvalue weighted by Crippen LogP contribution is -2.28. The van der Waals surface area contributed by atoms with Crippen LogP contribution in [0.2, 0.25) is 0 Å². The average Bonchev–Trinajstić information content (AvgIpc) is 2.61. The molecule has 0 aliphatic heterocycles. The van der Waals surface area contributed by atoms with Crippen LogP contribution in [0.1, 0.15) is 12.8 Å². The molecule has 2 saturated carbocycles. The predicted octanol–water partition coefficient (Wildman–Crippen LogP) is 1.60. The molecule has 4 heteroatoms. The van der Waals surface area contributed by atoms with Crippen LogP contribution in [0.25, 0.3) is 0 Å². The molecule has 2 aliphatic carbocycles. The van der Waals surface area contributed by atoms with Crippen LogP contribution in [0.5, 0.6) is 0 Å². The highest BCUT2D eigenvalue weighted by molar-refractivity contribution is 6.33. The van der Waals surface area contributed by atoms with Crippen molar-refractivity contribution < 1.29 is 5.21 Å². The summed E-state index contributed by atoms with van der Waals surface area (Å²) in [6, 6.07) is 2.23. The van der Waals surface area contributed by atoms with Gasteiger partial charge in [0.1, 0.15) is 0 Å². The fourth-order valence-corrected chi connectivity index (χ4v) is 2.77. The Hall–Kier alpha value is -0.750. The van der Waals surface area contributed by atoms with Crippen LogP contribution in [-0.4, -0.2) is 16.3 Å². The summed E-state index contributed by atoms with van der Waals surface area (Å²) in [5, 5.41) is 20.5. The van der Waals surface area contributed by atoms with Crippen molar-refractivity contribution in [2.45, 2.75) is 18.2 Å². The van der Waals surface area contributed by atoms with Crippen LogP contribution in [-0.2, 0) is 0 Å². The first-order valence-corrected chi connectivity index (χ1v) is 4.47. The maximum Gasteiger partial charge on any atom is 0.0795 e. The Morgan fingerprint density at radius 1 is 1.58 bits per heavy atom. The second-order valence-electron chi connectivity index (χ2n) is 3.50. The second-order valence-corrected chi connectivity index (χ2v) is 3.97. The van der Waals surface area contributed by atoms with Crippen molar-refractivity contribution >= 4 is 17.3 Å². The highest BCUT2D eigenvalue weighted by Crippen LogP contribution is 2.48. The molecule has 0 radical (unpaired) electrons. The van der Waals surface area contributed by atoms with Gasteiger partial charge in [-0.1, -0.05) is 5.16 Å². The van der Waals surface area contributed by atoms with Crippen molar-refractivity contribution in [1.29, 1.82) is 5.26 Å². The molecule has 0 aromatic heterocycles. The Kier molecular flexibility index (Phi) is 1.73. The highest BCUT2D eigenvalue weighted by atomic mass is 35.5. The van der Waals surface area contributed by atoms with Gasteiger partial charge >= 0.3 is 0 Å². The van der Waals surface area contributed by atoms with Crippen molar-refractivity contribution in [3.8, 4) is 6.07 Å². The fraction of sp³-hybridized carbons (Fsp3) is 0.750. The van der Waals surface area contributed by atoms with Gasteiger partial charge in [0.25, 0.3) is 0 Å². The molecule has 2 rings (SSSR count). The minimum absolute atomic E-state index is 0.0240. The zero-order valence-electron chi connectivity index (χ0n) is 6.44. The molecule has 4 atom stereocenters. The van der Waals surface area contributed by atoms with Gasteiger partial charge in [-0.05, 0) is 18.8 Å². The molecule has 0 heterocycles. The maximum absolute atomic E-state index is 8.76. The van der Waals surface area contributed by atoms with E-state index in [1.165, 1.54) is 0 Å². The number of hydrogen-bond acceptors (Lipinski definition) is 3. The minimum Gasteiger partial charge on any atom is -0.411 e. The third-order valence-electron chi connectivity index (χ3n) is 2.96. The largest absolute Gasteiger partial charge is 0.411 e. The van der Waals surface area contributed by atoms with E-state index in [-0.39, 0.29) is 17.2 Å². The van der Waals surface area contributed by atoms with Crippen molar-refractivity contribution in [1.82, 2.24) is 0 Å². The lowest BCUT2D eigenvalue weighted by atomic mass is 9.88. The topological polar surface area (TPSA) is 56.4 Å². The van der Waals surface area contributed by atoms with Crippen molar-refractivity contribution in [3.05, 3.63) is 0 Å². The van der Waals surface area contributed by atoms with E-state index in [1.54, 1.807) is 0 Å². The van der Waals surface area contributed by atoms with Gasteiger partial charge in [-0.15, -0.1) is 11.6 Å². The molecule has 64 valence electrons. The lowest BCUT2D eigenvalue weighted by molar-refractivity contribution is 0.311. The number of hydrogen-bond donors (Lipinski definition) is 1. The van der Waals surface area contributed by atoms with E-state index in [4.69, 9.17) is 22.1 Å². The molecule has 2 aliphatic rings. The number of nitrogens with zero attached hydrogens (tertiary/aromatic N) is 2. The molecular formula is C8H9ClN2O. The lowest BCUT2D eigenvalue weighted by Gasteiger charge is -2.19. The molecule has 0 amide bonds. The smallest absolute Gasteiger partial charge is 0.0795 e. The molecule has 0 aromatic rings. The maximum atomic E-state index is 8.76. The molecule has 12 heavy (non-hydrogen) atoms. The molecule has 0 spiro atoms. The van der Waals surface area contributed by atoms with E-state index in [9.17, 15) is 0 Å².